The van der Waals surface area contributed by atoms with Crippen LogP contribution in [-0.4, -0.2) is 23.6 Å². The molecule has 0 saturated carbocycles. The van der Waals surface area contributed by atoms with Crippen LogP contribution in [0.1, 0.15) is 30.4 Å². The molecule has 1 fully saturated rings. The lowest BCUT2D eigenvalue weighted by atomic mass is 9.90. The molecule has 1 unspecified atom stereocenters. The molecule has 1 atom stereocenters. The maximum Gasteiger partial charge on any atom is 0.123 e. The van der Waals surface area contributed by atoms with Gasteiger partial charge < -0.3 is 4.74 Å². The summed E-state index contributed by atoms with van der Waals surface area (Å²) in [7, 11) is 0. The molecule has 0 N–H and O–H groups in total. The summed E-state index contributed by atoms with van der Waals surface area (Å²) in [4.78, 5) is 2.58. The van der Waals surface area contributed by atoms with Crippen molar-refractivity contribution >= 4 is 0 Å². The zero-order valence-electron chi connectivity index (χ0n) is 13.0. The fourth-order valence-electron chi connectivity index (χ4n) is 3.87. The maximum absolute atomic E-state index is 6.39. The van der Waals surface area contributed by atoms with Gasteiger partial charge in [-0.25, -0.2) is 0 Å². The number of hydrogen-bond acceptors (Lipinski definition) is 2. The molecule has 2 nitrogen and oxygen atoms in total. The van der Waals surface area contributed by atoms with E-state index in [1.54, 1.807) is 0 Å². The normalized spacial score (nSPS) is 24.7. The average molecular weight is 293 g/mol. The number of likely N-dealkylation sites (tertiary alicyclic amines) is 1. The van der Waals surface area contributed by atoms with Crippen LogP contribution in [0.15, 0.2) is 54.6 Å². The third-order valence-corrected chi connectivity index (χ3v) is 5.05. The Kier molecular flexibility index (Phi) is 3.63. The SMILES string of the molecule is c1ccc(CN2CCCC3(CC2)Cc2ccccc2O3)cc1. The van der Waals surface area contributed by atoms with E-state index in [4.69, 9.17) is 4.74 Å². The first kappa shape index (κ1) is 13.8. The lowest BCUT2D eigenvalue weighted by Crippen LogP contribution is -2.35. The first-order chi connectivity index (χ1) is 10.8. The monoisotopic (exact) mass is 293 g/mol. The van der Waals surface area contributed by atoms with Crippen LogP contribution in [0.3, 0.4) is 0 Å². The van der Waals surface area contributed by atoms with E-state index >= 15 is 0 Å². The van der Waals surface area contributed by atoms with Crippen molar-refractivity contribution in [2.75, 3.05) is 13.1 Å². The lowest BCUT2D eigenvalue weighted by Gasteiger charge is -2.27. The lowest BCUT2D eigenvalue weighted by molar-refractivity contribution is 0.0768. The fraction of sp³-hybridized carbons (Fsp3) is 0.400. The van der Waals surface area contributed by atoms with Crippen molar-refractivity contribution in [1.29, 1.82) is 0 Å². The molecule has 2 aromatic carbocycles. The minimum Gasteiger partial charge on any atom is -0.487 e. The van der Waals surface area contributed by atoms with Crippen molar-refractivity contribution in [3.8, 4) is 5.75 Å². The van der Waals surface area contributed by atoms with E-state index in [0.29, 0.717) is 0 Å². The molecule has 2 heterocycles. The van der Waals surface area contributed by atoms with Crippen molar-refractivity contribution in [2.24, 2.45) is 0 Å². The summed E-state index contributed by atoms with van der Waals surface area (Å²) < 4.78 is 6.39. The highest BCUT2D eigenvalue weighted by Crippen LogP contribution is 2.40. The second kappa shape index (κ2) is 5.77. The molecular weight excluding hydrogens is 270 g/mol. The molecule has 22 heavy (non-hydrogen) atoms. The molecule has 1 spiro atoms. The minimum absolute atomic E-state index is 0.0507. The summed E-state index contributed by atoms with van der Waals surface area (Å²) in [5.74, 6) is 1.11. The molecule has 114 valence electrons. The highest BCUT2D eigenvalue weighted by Gasteiger charge is 2.40. The molecule has 2 heteroatoms. The summed E-state index contributed by atoms with van der Waals surface area (Å²) in [5, 5.41) is 0. The predicted molar refractivity (Wildman–Crippen MR) is 89.1 cm³/mol. The van der Waals surface area contributed by atoms with E-state index in [0.717, 1.165) is 31.7 Å². The molecule has 0 radical (unpaired) electrons. The molecular formula is C20H23NO. The third kappa shape index (κ3) is 2.76. The number of rotatable bonds is 2. The second-order valence-corrected chi connectivity index (χ2v) is 6.68. The Hall–Kier alpha value is -1.80. The zero-order valence-corrected chi connectivity index (χ0v) is 13.0. The Bertz CT molecular complexity index is 612. The number of para-hydroxylation sites is 1. The van der Waals surface area contributed by atoms with Crippen molar-refractivity contribution in [3.05, 3.63) is 65.7 Å². The van der Waals surface area contributed by atoms with Crippen LogP contribution in [0.5, 0.6) is 5.75 Å². The number of nitrogens with zero attached hydrogens (tertiary/aromatic N) is 1. The first-order valence-corrected chi connectivity index (χ1v) is 8.36. The van der Waals surface area contributed by atoms with Crippen LogP contribution >= 0.6 is 0 Å². The summed E-state index contributed by atoms with van der Waals surface area (Å²) >= 11 is 0. The Labute approximate surface area is 132 Å². The van der Waals surface area contributed by atoms with Gasteiger partial charge in [0, 0.05) is 25.9 Å². The quantitative estimate of drug-likeness (QED) is 0.828. The highest BCUT2D eigenvalue weighted by atomic mass is 16.5. The number of fused-ring (bicyclic) bond motifs is 1. The van der Waals surface area contributed by atoms with Crippen LogP contribution in [-0.2, 0) is 13.0 Å². The number of ether oxygens (including phenoxy) is 1. The average Bonchev–Trinajstić information content (AvgIpc) is 2.81. The summed E-state index contributed by atoms with van der Waals surface area (Å²) in [6.45, 7) is 3.36. The highest BCUT2D eigenvalue weighted by molar-refractivity contribution is 5.39. The van der Waals surface area contributed by atoms with Gasteiger partial charge >= 0.3 is 0 Å². The van der Waals surface area contributed by atoms with Gasteiger partial charge in [0.05, 0.1) is 0 Å². The molecule has 2 aliphatic heterocycles. The smallest absolute Gasteiger partial charge is 0.123 e. The van der Waals surface area contributed by atoms with Crippen molar-refractivity contribution < 1.29 is 4.74 Å². The second-order valence-electron chi connectivity index (χ2n) is 6.68. The maximum atomic E-state index is 6.39. The van der Waals surface area contributed by atoms with Crippen LogP contribution < -0.4 is 4.74 Å². The number of benzene rings is 2. The predicted octanol–water partition coefficient (Wildman–Crippen LogP) is 4.05. The van der Waals surface area contributed by atoms with Gasteiger partial charge in [-0.2, -0.15) is 0 Å². The van der Waals surface area contributed by atoms with Gasteiger partial charge in [0.2, 0.25) is 0 Å². The van der Waals surface area contributed by atoms with Gasteiger partial charge in [-0.3, -0.25) is 4.90 Å². The van der Waals surface area contributed by atoms with Crippen molar-refractivity contribution in [2.45, 2.75) is 37.8 Å². The number of hydrogen-bond donors (Lipinski definition) is 0. The van der Waals surface area contributed by atoms with E-state index in [1.807, 2.05) is 0 Å². The molecule has 2 aliphatic rings. The molecule has 2 aromatic rings. The Morgan fingerprint density at radius 1 is 0.909 bits per heavy atom. The third-order valence-electron chi connectivity index (χ3n) is 5.05. The Balaban J connectivity index is 1.43. The van der Waals surface area contributed by atoms with Crippen LogP contribution in [0.2, 0.25) is 0 Å². The van der Waals surface area contributed by atoms with E-state index in [1.165, 1.54) is 30.5 Å². The molecule has 0 aromatic heterocycles. The van der Waals surface area contributed by atoms with E-state index < -0.39 is 0 Å². The van der Waals surface area contributed by atoms with E-state index in [2.05, 4.69) is 59.5 Å². The van der Waals surface area contributed by atoms with Crippen LogP contribution in [0.4, 0.5) is 0 Å². The van der Waals surface area contributed by atoms with Crippen molar-refractivity contribution in [1.82, 2.24) is 4.90 Å². The topological polar surface area (TPSA) is 12.5 Å². The summed E-state index contributed by atoms with van der Waals surface area (Å²) in [6, 6.07) is 19.3. The van der Waals surface area contributed by atoms with Gasteiger partial charge in [-0.15, -0.1) is 0 Å². The molecule has 4 rings (SSSR count). The van der Waals surface area contributed by atoms with Crippen LogP contribution in [0, 0.1) is 0 Å². The van der Waals surface area contributed by atoms with Gasteiger partial charge in [-0.1, -0.05) is 48.5 Å². The van der Waals surface area contributed by atoms with E-state index in [9.17, 15) is 0 Å². The standard InChI is InChI=1S/C20H23NO/c1-2-7-17(8-3-1)16-21-13-6-11-20(12-14-21)15-18-9-4-5-10-19(18)22-20/h1-5,7-10H,6,11-16H2. The molecule has 0 amide bonds. The summed E-state index contributed by atoms with van der Waals surface area (Å²) in [5.41, 5.74) is 2.85. The van der Waals surface area contributed by atoms with Gasteiger partial charge in [-0.05, 0) is 36.6 Å². The summed E-state index contributed by atoms with van der Waals surface area (Å²) in [6.07, 6.45) is 4.62. The van der Waals surface area contributed by atoms with E-state index in [-0.39, 0.29) is 5.60 Å². The zero-order chi connectivity index (χ0) is 14.8. The Morgan fingerprint density at radius 2 is 1.73 bits per heavy atom. The largest absolute Gasteiger partial charge is 0.487 e. The molecule has 0 aliphatic carbocycles. The molecule has 1 saturated heterocycles. The van der Waals surface area contributed by atoms with Gasteiger partial charge in [0.25, 0.3) is 0 Å². The first-order valence-electron chi connectivity index (χ1n) is 8.36. The van der Waals surface area contributed by atoms with Crippen LogP contribution in [0.25, 0.3) is 0 Å². The van der Waals surface area contributed by atoms with Gasteiger partial charge in [0.1, 0.15) is 11.4 Å². The van der Waals surface area contributed by atoms with Crippen molar-refractivity contribution in [3.63, 3.8) is 0 Å². The molecule has 0 bridgehead atoms. The Morgan fingerprint density at radius 3 is 2.59 bits per heavy atom. The fourth-order valence-corrected chi connectivity index (χ4v) is 3.87. The minimum atomic E-state index is 0.0507. The van der Waals surface area contributed by atoms with Gasteiger partial charge in [0.15, 0.2) is 0 Å².